The van der Waals surface area contributed by atoms with Gasteiger partial charge in [0.1, 0.15) is 0 Å². The van der Waals surface area contributed by atoms with Crippen molar-refractivity contribution in [3.63, 3.8) is 0 Å². The van der Waals surface area contributed by atoms with E-state index in [4.69, 9.17) is 0 Å². The highest BCUT2D eigenvalue weighted by molar-refractivity contribution is 7.98. The zero-order valence-electron chi connectivity index (χ0n) is 8.51. The van der Waals surface area contributed by atoms with Gasteiger partial charge in [-0.15, -0.1) is 4.52 Å². The molecule has 1 aliphatic carbocycles. The molecule has 1 aromatic rings. The third-order valence-electron chi connectivity index (χ3n) is 3.22. The monoisotopic (exact) mass is 234 g/mol. The molecule has 0 aromatic heterocycles. The van der Waals surface area contributed by atoms with E-state index in [1.807, 2.05) is 18.2 Å². The standard InChI is InChI=1S/C11H10N2O2S/c14-10(15)11(3-4-11)8-2-1-7-6-12-13-16-9(7)5-8/h1-2,5H,3-4,6H2,(H,14,15). The average Bonchev–Trinajstić information content (AvgIpc) is 3.09. The molecule has 1 fully saturated rings. The van der Waals surface area contributed by atoms with Crippen molar-refractivity contribution in [3.8, 4) is 0 Å². The van der Waals surface area contributed by atoms with Gasteiger partial charge in [0.15, 0.2) is 0 Å². The molecule has 1 saturated carbocycles. The van der Waals surface area contributed by atoms with Crippen LogP contribution in [-0.2, 0) is 16.8 Å². The van der Waals surface area contributed by atoms with E-state index in [1.54, 1.807) is 0 Å². The van der Waals surface area contributed by atoms with E-state index in [0.29, 0.717) is 6.54 Å². The van der Waals surface area contributed by atoms with Crippen LogP contribution in [0.3, 0.4) is 0 Å². The fourth-order valence-corrected chi connectivity index (χ4v) is 2.63. The molecule has 0 saturated heterocycles. The lowest BCUT2D eigenvalue weighted by Gasteiger charge is -2.14. The first kappa shape index (κ1) is 9.84. The van der Waals surface area contributed by atoms with Crippen molar-refractivity contribution in [1.82, 2.24) is 0 Å². The molecular weight excluding hydrogens is 224 g/mol. The van der Waals surface area contributed by atoms with Crippen molar-refractivity contribution in [2.75, 3.05) is 0 Å². The van der Waals surface area contributed by atoms with Crippen molar-refractivity contribution >= 4 is 17.9 Å². The lowest BCUT2D eigenvalue weighted by Crippen LogP contribution is -2.19. The van der Waals surface area contributed by atoms with Crippen LogP contribution in [0.5, 0.6) is 0 Å². The van der Waals surface area contributed by atoms with Gasteiger partial charge in [0.25, 0.3) is 0 Å². The van der Waals surface area contributed by atoms with Gasteiger partial charge in [-0.25, -0.2) is 0 Å². The summed E-state index contributed by atoms with van der Waals surface area (Å²) < 4.78 is 3.90. The number of carboxylic acid groups (broad SMARTS) is 1. The van der Waals surface area contributed by atoms with E-state index < -0.39 is 11.4 Å². The lowest BCUT2D eigenvalue weighted by atomic mass is 9.95. The second-order valence-corrected chi connectivity index (χ2v) is 4.97. The van der Waals surface area contributed by atoms with Gasteiger partial charge in [0, 0.05) is 16.8 Å². The molecule has 5 heteroatoms. The molecule has 0 amide bonds. The van der Waals surface area contributed by atoms with E-state index in [2.05, 4.69) is 9.63 Å². The van der Waals surface area contributed by atoms with Crippen LogP contribution in [-0.4, -0.2) is 11.1 Å². The number of hydrogen-bond acceptors (Lipinski definition) is 4. The highest BCUT2D eigenvalue weighted by atomic mass is 32.2. The van der Waals surface area contributed by atoms with Crippen molar-refractivity contribution < 1.29 is 9.90 Å². The number of rotatable bonds is 2. The number of carboxylic acids is 1. The van der Waals surface area contributed by atoms with Gasteiger partial charge >= 0.3 is 5.97 Å². The summed E-state index contributed by atoms with van der Waals surface area (Å²) in [4.78, 5) is 12.2. The van der Waals surface area contributed by atoms with Crippen LogP contribution in [0.1, 0.15) is 24.0 Å². The minimum absolute atomic E-state index is 0.600. The molecule has 0 unspecified atom stereocenters. The minimum Gasteiger partial charge on any atom is -0.481 e. The second-order valence-electron chi connectivity index (χ2n) is 4.18. The molecule has 2 aliphatic rings. The summed E-state index contributed by atoms with van der Waals surface area (Å²) in [5.74, 6) is -0.713. The molecule has 0 spiro atoms. The molecule has 1 N–H and O–H groups in total. The van der Waals surface area contributed by atoms with Gasteiger partial charge in [0.05, 0.1) is 12.0 Å². The van der Waals surface area contributed by atoms with Crippen LogP contribution in [0.25, 0.3) is 0 Å². The van der Waals surface area contributed by atoms with Gasteiger partial charge in [-0.05, 0) is 30.0 Å². The van der Waals surface area contributed by atoms with E-state index in [9.17, 15) is 9.90 Å². The van der Waals surface area contributed by atoms with E-state index in [1.165, 1.54) is 11.9 Å². The van der Waals surface area contributed by atoms with Crippen LogP contribution < -0.4 is 0 Å². The molecule has 1 aromatic carbocycles. The minimum atomic E-state index is -0.713. The van der Waals surface area contributed by atoms with Crippen molar-refractivity contribution in [2.45, 2.75) is 29.7 Å². The van der Waals surface area contributed by atoms with E-state index >= 15 is 0 Å². The number of aliphatic carboxylic acids is 1. The Morgan fingerprint density at radius 3 is 2.94 bits per heavy atom. The Morgan fingerprint density at radius 1 is 1.44 bits per heavy atom. The number of carbonyl (C=O) groups is 1. The van der Waals surface area contributed by atoms with Crippen LogP contribution in [0.15, 0.2) is 32.7 Å². The Bertz CT molecular complexity index is 495. The van der Waals surface area contributed by atoms with Gasteiger partial charge in [-0.2, -0.15) is 5.11 Å². The summed E-state index contributed by atoms with van der Waals surface area (Å²) in [6, 6.07) is 5.85. The average molecular weight is 234 g/mol. The molecule has 0 bridgehead atoms. The summed E-state index contributed by atoms with van der Waals surface area (Å²) in [7, 11) is 0. The summed E-state index contributed by atoms with van der Waals surface area (Å²) in [5, 5.41) is 13.1. The summed E-state index contributed by atoms with van der Waals surface area (Å²) >= 11 is 1.32. The van der Waals surface area contributed by atoms with E-state index in [-0.39, 0.29) is 0 Å². The Hall–Kier alpha value is -1.36. The van der Waals surface area contributed by atoms with Gasteiger partial charge in [0.2, 0.25) is 0 Å². The molecule has 1 aliphatic heterocycles. The van der Waals surface area contributed by atoms with E-state index in [0.717, 1.165) is 28.9 Å². The van der Waals surface area contributed by atoms with Crippen LogP contribution >= 0.6 is 11.9 Å². The van der Waals surface area contributed by atoms with Gasteiger partial charge in [-0.1, -0.05) is 12.1 Å². The number of benzene rings is 1. The lowest BCUT2D eigenvalue weighted by molar-refractivity contribution is -0.140. The van der Waals surface area contributed by atoms with Crippen LogP contribution in [0.4, 0.5) is 0 Å². The molecule has 1 heterocycles. The fourth-order valence-electron chi connectivity index (χ4n) is 2.00. The summed E-state index contributed by atoms with van der Waals surface area (Å²) in [6.07, 6.45) is 1.49. The highest BCUT2D eigenvalue weighted by Crippen LogP contribution is 2.49. The topological polar surface area (TPSA) is 62.0 Å². The Morgan fingerprint density at radius 2 is 2.25 bits per heavy atom. The quantitative estimate of drug-likeness (QED) is 0.800. The summed E-state index contributed by atoms with van der Waals surface area (Å²) in [6.45, 7) is 0.600. The number of nitrogens with zero attached hydrogens (tertiary/aromatic N) is 2. The maximum absolute atomic E-state index is 11.2. The van der Waals surface area contributed by atoms with Crippen molar-refractivity contribution in [3.05, 3.63) is 29.3 Å². The Kier molecular flexibility index (Phi) is 2.04. The highest BCUT2D eigenvalue weighted by Gasteiger charge is 2.51. The maximum atomic E-state index is 11.2. The largest absolute Gasteiger partial charge is 0.481 e. The van der Waals surface area contributed by atoms with Crippen LogP contribution in [0, 0.1) is 0 Å². The fraction of sp³-hybridized carbons (Fsp3) is 0.364. The Labute approximate surface area is 96.9 Å². The molecule has 3 rings (SSSR count). The SMILES string of the molecule is O=C(O)C1(c2ccc3c(c2)SN=NC3)CC1. The molecule has 0 radical (unpaired) electrons. The van der Waals surface area contributed by atoms with Crippen LogP contribution in [0.2, 0.25) is 0 Å². The summed E-state index contributed by atoms with van der Waals surface area (Å²) in [5.41, 5.74) is 1.41. The predicted octanol–water partition coefficient (Wildman–Crippen LogP) is 2.78. The second kappa shape index (κ2) is 3.31. The zero-order valence-corrected chi connectivity index (χ0v) is 9.33. The van der Waals surface area contributed by atoms with Gasteiger partial charge in [-0.3, -0.25) is 4.79 Å². The van der Waals surface area contributed by atoms with Gasteiger partial charge < -0.3 is 5.11 Å². The number of hydrogen-bond donors (Lipinski definition) is 1. The molecular formula is C11H10N2O2S. The zero-order chi connectivity index (χ0) is 11.2. The number of fused-ring (bicyclic) bond motifs is 1. The third kappa shape index (κ3) is 1.35. The first-order valence-electron chi connectivity index (χ1n) is 5.13. The third-order valence-corrected chi connectivity index (χ3v) is 3.99. The smallest absolute Gasteiger partial charge is 0.314 e. The first-order chi connectivity index (χ1) is 7.72. The molecule has 4 nitrogen and oxygen atoms in total. The molecule has 0 atom stereocenters. The first-order valence-corrected chi connectivity index (χ1v) is 5.90. The maximum Gasteiger partial charge on any atom is 0.314 e. The van der Waals surface area contributed by atoms with Crippen molar-refractivity contribution in [1.29, 1.82) is 0 Å². The predicted molar refractivity (Wildman–Crippen MR) is 59.4 cm³/mol. The van der Waals surface area contributed by atoms with Crippen molar-refractivity contribution in [2.24, 2.45) is 9.63 Å². The Balaban J connectivity index is 2.02. The molecule has 82 valence electrons. The molecule has 16 heavy (non-hydrogen) atoms. The normalized spacial score (nSPS) is 20.2.